The van der Waals surface area contributed by atoms with Gasteiger partial charge in [-0.1, -0.05) is 19.4 Å². The van der Waals surface area contributed by atoms with E-state index in [1.54, 1.807) is 10.9 Å². The van der Waals surface area contributed by atoms with Gasteiger partial charge in [-0.25, -0.2) is 4.98 Å². The fourth-order valence-electron chi connectivity index (χ4n) is 3.89. The molecule has 2 aromatic rings. The summed E-state index contributed by atoms with van der Waals surface area (Å²) in [7, 11) is 0. The van der Waals surface area contributed by atoms with Crippen LogP contribution in [0.3, 0.4) is 0 Å². The monoisotopic (exact) mass is 327 g/mol. The molecule has 0 bridgehead atoms. The minimum absolute atomic E-state index is 0.0993. The largest absolute Gasteiger partial charge is 0.299 e. The van der Waals surface area contributed by atoms with Crippen molar-refractivity contribution in [3.8, 4) is 0 Å². The first-order chi connectivity index (χ1) is 11.6. The number of benzene rings is 1. The molecule has 0 N–H and O–H groups in total. The van der Waals surface area contributed by atoms with Crippen LogP contribution in [0, 0.1) is 0 Å². The fraction of sp³-hybridized carbons (Fsp3) is 0.600. The van der Waals surface area contributed by atoms with Crippen molar-refractivity contribution >= 4 is 10.9 Å². The number of hydrogen-bond donors (Lipinski definition) is 0. The van der Waals surface area contributed by atoms with E-state index in [1.807, 2.05) is 12.1 Å². The third-order valence-corrected chi connectivity index (χ3v) is 5.34. The molecule has 0 amide bonds. The molecule has 1 aromatic heterocycles. The van der Waals surface area contributed by atoms with Crippen molar-refractivity contribution in [2.45, 2.75) is 71.5 Å². The number of rotatable bonds is 5. The molecule has 1 atom stereocenters. The molecule has 0 unspecified atom stereocenters. The predicted molar refractivity (Wildman–Crippen MR) is 99.5 cm³/mol. The Morgan fingerprint density at radius 2 is 2.12 bits per heavy atom. The molecule has 1 aromatic carbocycles. The molecule has 1 saturated heterocycles. The molecule has 0 radical (unpaired) electrons. The number of piperidine rings is 1. The Bertz CT molecular complexity index is 750. The average molecular weight is 327 g/mol. The summed E-state index contributed by atoms with van der Waals surface area (Å²) in [4.78, 5) is 19.9. The lowest BCUT2D eigenvalue weighted by Crippen LogP contribution is -2.44. The number of hydrogen-bond acceptors (Lipinski definition) is 3. The number of aromatic nitrogens is 2. The Morgan fingerprint density at radius 3 is 2.88 bits per heavy atom. The highest BCUT2D eigenvalue weighted by molar-refractivity contribution is 5.78. The van der Waals surface area contributed by atoms with Crippen molar-refractivity contribution in [1.82, 2.24) is 14.5 Å². The second kappa shape index (κ2) is 7.47. The van der Waals surface area contributed by atoms with Gasteiger partial charge in [0.05, 0.1) is 17.2 Å². The van der Waals surface area contributed by atoms with Crippen LogP contribution in [0.25, 0.3) is 10.9 Å². The van der Waals surface area contributed by atoms with Crippen LogP contribution in [-0.4, -0.2) is 33.1 Å². The molecule has 1 aliphatic rings. The van der Waals surface area contributed by atoms with Crippen LogP contribution in [0.1, 0.15) is 52.0 Å². The van der Waals surface area contributed by atoms with E-state index >= 15 is 0 Å². The SMILES string of the molecule is CCc1ccc2ncn(CC[C@H]3CCCCN3C(C)C)c(=O)c2c1. The van der Waals surface area contributed by atoms with E-state index in [9.17, 15) is 4.79 Å². The minimum atomic E-state index is 0.0993. The van der Waals surface area contributed by atoms with Gasteiger partial charge in [-0.2, -0.15) is 0 Å². The van der Waals surface area contributed by atoms with Crippen molar-refractivity contribution in [1.29, 1.82) is 0 Å². The Morgan fingerprint density at radius 1 is 1.29 bits per heavy atom. The smallest absolute Gasteiger partial charge is 0.261 e. The van der Waals surface area contributed by atoms with E-state index in [2.05, 4.69) is 36.7 Å². The molecule has 1 fully saturated rings. The number of fused-ring (bicyclic) bond motifs is 1. The second-order valence-corrected chi connectivity index (χ2v) is 7.22. The van der Waals surface area contributed by atoms with Gasteiger partial charge in [0.25, 0.3) is 5.56 Å². The van der Waals surface area contributed by atoms with Crippen molar-refractivity contribution in [2.75, 3.05) is 6.54 Å². The van der Waals surface area contributed by atoms with Crippen LogP contribution in [0.5, 0.6) is 0 Å². The molecule has 1 aliphatic heterocycles. The topological polar surface area (TPSA) is 38.1 Å². The van der Waals surface area contributed by atoms with Crippen LogP contribution in [0.4, 0.5) is 0 Å². The van der Waals surface area contributed by atoms with E-state index in [4.69, 9.17) is 0 Å². The van der Waals surface area contributed by atoms with Crippen LogP contribution in [0.2, 0.25) is 0 Å². The molecule has 0 saturated carbocycles. The Hall–Kier alpha value is -1.68. The first-order valence-electron chi connectivity index (χ1n) is 9.34. The van der Waals surface area contributed by atoms with E-state index in [0.29, 0.717) is 12.1 Å². The first kappa shape index (κ1) is 17.2. The Kier molecular flexibility index (Phi) is 5.34. The first-order valence-corrected chi connectivity index (χ1v) is 9.34. The fourth-order valence-corrected chi connectivity index (χ4v) is 3.89. The lowest BCUT2D eigenvalue weighted by Gasteiger charge is -2.38. The van der Waals surface area contributed by atoms with E-state index in [-0.39, 0.29) is 5.56 Å². The molecule has 130 valence electrons. The summed E-state index contributed by atoms with van der Waals surface area (Å²) in [5.41, 5.74) is 2.09. The highest BCUT2D eigenvalue weighted by Crippen LogP contribution is 2.22. The molecule has 0 spiro atoms. The molecule has 4 nitrogen and oxygen atoms in total. The van der Waals surface area contributed by atoms with Crippen molar-refractivity contribution < 1.29 is 0 Å². The molecule has 4 heteroatoms. The maximum Gasteiger partial charge on any atom is 0.261 e. The van der Waals surface area contributed by atoms with Gasteiger partial charge in [-0.3, -0.25) is 14.3 Å². The summed E-state index contributed by atoms with van der Waals surface area (Å²) in [5, 5.41) is 0.751. The summed E-state index contributed by atoms with van der Waals surface area (Å²) in [5.74, 6) is 0. The molecular weight excluding hydrogens is 298 g/mol. The Labute approximate surface area is 144 Å². The number of nitrogens with zero attached hydrogens (tertiary/aromatic N) is 3. The maximum absolute atomic E-state index is 12.8. The summed E-state index contributed by atoms with van der Waals surface area (Å²) < 4.78 is 1.80. The van der Waals surface area contributed by atoms with Gasteiger partial charge in [-0.15, -0.1) is 0 Å². The number of likely N-dealkylation sites (tertiary alicyclic amines) is 1. The van der Waals surface area contributed by atoms with Gasteiger partial charge in [-0.05, 0) is 63.8 Å². The van der Waals surface area contributed by atoms with Crippen molar-refractivity contribution in [2.24, 2.45) is 0 Å². The molecule has 3 rings (SSSR count). The van der Waals surface area contributed by atoms with Crippen LogP contribution in [0.15, 0.2) is 29.3 Å². The van der Waals surface area contributed by atoms with E-state index in [1.165, 1.54) is 31.4 Å². The van der Waals surface area contributed by atoms with Crippen molar-refractivity contribution in [3.05, 3.63) is 40.4 Å². The zero-order chi connectivity index (χ0) is 17.1. The summed E-state index contributed by atoms with van der Waals surface area (Å²) in [6.07, 6.45) is 7.53. The summed E-state index contributed by atoms with van der Waals surface area (Å²) in [6, 6.07) is 7.18. The lowest BCUT2D eigenvalue weighted by atomic mass is 9.97. The minimum Gasteiger partial charge on any atom is -0.299 e. The average Bonchev–Trinajstić information content (AvgIpc) is 2.61. The zero-order valence-electron chi connectivity index (χ0n) is 15.2. The van der Waals surface area contributed by atoms with Crippen LogP contribution < -0.4 is 5.56 Å². The molecule has 24 heavy (non-hydrogen) atoms. The van der Waals surface area contributed by atoms with Gasteiger partial charge in [0.1, 0.15) is 0 Å². The third-order valence-electron chi connectivity index (χ3n) is 5.34. The van der Waals surface area contributed by atoms with Crippen molar-refractivity contribution in [3.63, 3.8) is 0 Å². The van der Waals surface area contributed by atoms with Gasteiger partial charge in [0.2, 0.25) is 0 Å². The number of aryl methyl sites for hydroxylation is 2. The molecule has 0 aliphatic carbocycles. The highest BCUT2D eigenvalue weighted by atomic mass is 16.1. The predicted octanol–water partition coefficient (Wildman–Crippen LogP) is 3.61. The summed E-state index contributed by atoms with van der Waals surface area (Å²) >= 11 is 0. The van der Waals surface area contributed by atoms with E-state index < -0.39 is 0 Å². The summed E-state index contributed by atoms with van der Waals surface area (Å²) in [6.45, 7) is 8.60. The molecular formula is C20H29N3O. The van der Waals surface area contributed by atoms with Crippen LogP contribution in [-0.2, 0) is 13.0 Å². The van der Waals surface area contributed by atoms with E-state index in [0.717, 1.165) is 30.3 Å². The highest BCUT2D eigenvalue weighted by Gasteiger charge is 2.24. The Balaban J connectivity index is 1.79. The van der Waals surface area contributed by atoms with Crippen LogP contribution >= 0.6 is 0 Å². The quantitative estimate of drug-likeness (QED) is 0.842. The van der Waals surface area contributed by atoms with Gasteiger partial charge >= 0.3 is 0 Å². The zero-order valence-corrected chi connectivity index (χ0v) is 15.2. The third kappa shape index (κ3) is 3.54. The normalized spacial score (nSPS) is 19.2. The van der Waals surface area contributed by atoms with Gasteiger partial charge in [0.15, 0.2) is 0 Å². The lowest BCUT2D eigenvalue weighted by molar-refractivity contribution is 0.102. The van der Waals surface area contributed by atoms with Gasteiger partial charge in [0, 0.05) is 18.6 Å². The maximum atomic E-state index is 12.8. The standard InChI is InChI=1S/C20H29N3O/c1-4-16-8-9-19-18(13-16)20(24)22(14-21-19)12-10-17-7-5-6-11-23(17)15(2)3/h8-9,13-15,17H,4-7,10-12H2,1-3H3/t17-/m1/s1. The second-order valence-electron chi connectivity index (χ2n) is 7.22. The van der Waals surface area contributed by atoms with Gasteiger partial charge < -0.3 is 0 Å². The molecule has 2 heterocycles.